The van der Waals surface area contributed by atoms with Crippen molar-refractivity contribution in [2.75, 3.05) is 6.61 Å². The summed E-state index contributed by atoms with van der Waals surface area (Å²) in [6.45, 7) is 9.33. The number of hydrogen-bond acceptors (Lipinski definition) is 4. The van der Waals surface area contributed by atoms with Crippen molar-refractivity contribution in [2.24, 2.45) is 22.7 Å². The minimum absolute atomic E-state index is 0.0299. The van der Waals surface area contributed by atoms with Gasteiger partial charge >= 0.3 is 0 Å². The van der Waals surface area contributed by atoms with Crippen LogP contribution in [0, 0.1) is 22.7 Å². The van der Waals surface area contributed by atoms with Gasteiger partial charge in [0.2, 0.25) is 10.0 Å². The van der Waals surface area contributed by atoms with Gasteiger partial charge in [0.1, 0.15) is 11.4 Å². The normalized spacial score (nSPS) is 34.6. The molecular weight excluding hydrogens is 458 g/mol. The second-order valence-corrected chi connectivity index (χ2v) is 14.1. The Balaban J connectivity index is 1.32. The maximum atomic E-state index is 13.8. The monoisotopic (exact) mass is 495 g/mol. The molecule has 35 heavy (non-hydrogen) atoms. The highest BCUT2D eigenvalue weighted by molar-refractivity contribution is 7.89. The van der Waals surface area contributed by atoms with E-state index in [0.29, 0.717) is 23.3 Å². The molecule has 2 aromatic carbocycles. The number of nitrogens with one attached hydrogen (secondary N) is 1. The number of ether oxygens (including phenoxy) is 2. The molecule has 0 aromatic heterocycles. The quantitative estimate of drug-likeness (QED) is 0.595. The fourth-order valence-corrected chi connectivity index (χ4v) is 9.25. The highest BCUT2D eigenvalue weighted by atomic mass is 32.2. The fourth-order valence-electron chi connectivity index (χ4n) is 7.72. The van der Waals surface area contributed by atoms with Gasteiger partial charge in [-0.3, -0.25) is 0 Å². The van der Waals surface area contributed by atoms with E-state index in [1.807, 2.05) is 18.2 Å². The minimum Gasteiger partial charge on any atom is -0.488 e. The number of fused-ring (bicyclic) bond motifs is 2. The number of aryl methyl sites for hydroxylation is 1. The van der Waals surface area contributed by atoms with E-state index in [1.165, 1.54) is 5.56 Å². The summed E-state index contributed by atoms with van der Waals surface area (Å²) < 4.78 is 43.3. The number of rotatable bonds is 4. The van der Waals surface area contributed by atoms with Gasteiger partial charge < -0.3 is 9.47 Å². The average Bonchev–Trinajstić information content (AvgIpc) is 3.31. The molecule has 2 aliphatic carbocycles. The van der Waals surface area contributed by atoms with Gasteiger partial charge in [-0.15, -0.1) is 0 Å². The van der Waals surface area contributed by atoms with Crippen molar-refractivity contribution in [3.05, 3.63) is 59.7 Å². The van der Waals surface area contributed by atoms with E-state index >= 15 is 0 Å². The van der Waals surface area contributed by atoms with Gasteiger partial charge in [0.15, 0.2) is 0 Å². The molecule has 3 fully saturated rings. The second-order valence-electron chi connectivity index (χ2n) is 12.4. The molecular formula is C29H37NO4S. The molecule has 0 amide bonds. The first-order chi connectivity index (χ1) is 16.5. The third kappa shape index (κ3) is 3.67. The van der Waals surface area contributed by atoms with Crippen LogP contribution >= 0.6 is 0 Å². The Morgan fingerprint density at radius 1 is 1.00 bits per heavy atom. The number of sulfonamides is 1. The van der Waals surface area contributed by atoms with E-state index in [9.17, 15) is 8.42 Å². The number of benzene rings is 2. The molecule has 2 aliphatic heterocycles. The van der Waals surface area contributed by atoms with E-state index in [0.717, 1.165) is 43.4 Å². The van der Waals surface area contributed by atoms with Crippen LogP contribution in [0.4, 0.5) is 0 Å². The van der Waals surface area contributed by atoms with Crippen molar-refractivity contribution in [1.29, 1.82) is 0 Å². The van der Waals surface area contributed by atoms with Gasteiger partial charge in [-0.2, -0.15) is 0 Å². The maximum absolute atomic E-state index is 13.8. The van der Waals surface area contributed by atoms with Crippen molar-refractivity contribution in [1.82, 2.24) is 4.72 Å². The lowest BCUT2D eigenvalue weighted by Gasteiger charge is -2.53. The van der Waals surface area contributed by atoms with Crippen molar-refractivity contribution >= 4 is 10.0 Å². The van der Waals surface area contributed by atoms with E-state index in [4.69, 9.17) is 9.47 Å². The van der Waals surface area contributed by atoms with Crippen LogP contribution in [0.15, 0.2) is 53.4 Å². The van der Waals surface area contributed by atoms with Crippen molar-refractivity contribution in [3.63, 3.8) is 0 Å². The van der Waals surface area contributed by atoms with Crippen LogP contribution in [0.25, 0.3) is 0 Å². The molecule has 0 radical (unpaired) electrons. The molecule has 188 valence electrons. The third-order valence-corrected chi connectivity index (χ3v) is 11.1. The molecule has 1 unspecified atom stereocenters. The standard InChI is InChI=1S/C29H37NO4S/c1-27(2)13-12-20-16-22(10-11-24(20)34-27)35(31,32)30-26-28(3,4)21-17-23-25(19-8-6-5-7-9-19)33-15-14-29(23,26)18-21/h5-11,16,21,23,25-26,30H,12-15,17-18H2,1-4H3/t21-,23-,25-,26+,29?/m1/s1. The molecule has 2 heterocycles. The SMILES string of the molecule is CC1(C)CCc2cc(S(=O)(=O)N[C@H]3C(C)(C)[C@@H]4C[C@@H]5[C@@H](c6ccccc6)OCCC53C4)ccc2O1. The fraction of sp³-hybridized carbons (Fsp3) is 0.586. The molecule has 5 nitrogen and oxygen atoms in total. The largest absolute Gasteiger partial charge is 0.488 e. The van der Waals surface area contributed by atoms with Gasteiger partial charge in [-0.1, -0.05) is 44.2 Å². The zero-order chi connectivity index (χ0) is 24.6. The van der Waals surface area contributed by atoms with Crippen molar-refractivity contribution < 1.29 is 17.9 Å². The summed E-state index contributed by atoms with van der Waals surface area (Å²) in [6.07, 6.45) is 4.79. The molecule has 2 saturated carbocycles. The molecule has 6 rings (SSSR count). The lowest BCUT2D eigenvalue weighted by atomic mass is 9.59. The number of hydrogen-bond donors (Lipinski definition) is 1. The molecule has 4 aliphatic rings. The van der Waals surface area contributed by atoms with Gasteiger partial charge in [0, 0.05) is 12.6 Å². The first-order valence-electron chi connectivity index (χ1n) is 13.0. The first kappa shape index (κ1) is 23.5. The van der Waals surface area contributed by atoms with E-state index in [-0.39, 0.29) is 28.6 Å². The summed E-state index contributed by atoms with van der Waals surface area (Å²) in [5, 5.41) is 0. The zero-order valence-corrected chi connectivity index (χ0v) is 22.0. The third-order valence-electron chi connectivity index (χ3n) is 9.63. The summed E-state index contributed by atoms with van der Waals surface area (Å²) in [4.78, 5) is 0.345. The Morgan fingerprint density at radius 3 is 2.54 bits per heavy atom. The van der Waals surface area contributed by atoms with Crippen LogP contribution in [-0.2, 0) is 21.2 Å². The van der Waals surface area contributed by atoms with Crippen LogP contribution in [0.5, 0.6) is 5.75 Å². The van der Waals surface area contributed by atoms with E-state index < -0.39 is 10.0 Å². The van der Waals surface area contributed by atoms with Crippen LogP contribution in [0.2, 0.25) is 0 Å². The first-order valence-corrected chi connectivity index (χ1v) is 14.5. The molecule has 2 bridgehead atoms. The van der Waals surface area contributed by atoms with Crippen LogP contribution in [0.3, 0.4) is 0 Å². The summed E-state index contributed by atoms with van der Waals surface area (Å²) in [7, 11) is -3.68. The molecule has 2 aromatic rings. The second kappa shape index (κ2) is 7.80. The Hall–Kier alpha value is -1.89. The molecule has 1 saturated heterocycles. The smallest absolute Gasteiger partial charge is 0.240 e. The van der Waals surface area contributed by atoms with Gasteiger partial charge in [0.25, 0.3) is 0 Å². The van der Waals surface area contributed by atoms with Crippen molar-refractivity contribution in [2.45, 2.75) is 82.4 Å². The summed E-state index contributed by atoms with van der Waals surface area (Å²) in [5.41, 5.74) is 1.78. The Bertz CT molecular complexity index is 1240. The van der Waals surface area contributed by atoms with Crippen LogP contribution in [-0.4, -0.2) is 26.7 Å². The van der Waals surface area contributed by atoms with Gasteiger partial charge in [-0.05, 0) is 97.9 Å². The summed E-state index contributed by atoms with van der Waals surface area (Å²) in [6, 6.07) is 15.7. The average molecular weight is 496 g/mol. The Labute approximate surface area is 209 Å². The Kier molecular flexibility index (Phi) is 5.24. The maximum Gasteiger partial charge on any atom is 0.240 e. The topological polar surface area (TPSA) is 64.6 Å². The van der Waals surface area contributed by atoms with Crippen LogP contribution < -0.4 is 9.46 Å². The van der Waals surface area contributed by atoms with Gasteiger partial charge in [-0.25, -0.2) is 13.1 Å². The predicted molar refractivity (Wildman–Crippen MR) is 136 cm³/mol. The highest BCUT2D eigenvalue weighted by Gasteiger charge is 2.68. The molecule has 1 spiro atoms. The van der Waals surface area contributed by atoms with E-state index in [1.54, 1.807) is 6.07 Å². The predicted octanol–water partition coefficient (Wildman–Crippen LogP) is 5.65. The van der Waals surface area contributed by atoms with E-state index in [2.05, 4.69) is 56.7 Å². The lowest BCUT2D eigenvalue weighted by Crippen LogP contribution is -2.58. The highest BCUT2D eigenvalue weighted by Crippen LogP contribution is 2.70. The molecule has 6 heteroatoms. The van der Waals surface area contributed by atoms with Crippen molar-refractivity contribution in [3.8, 4) is 5.75 Å². The molecule has 5 atom stereocenters. The zero-order valence-electron chi connectivity index (χ0n) is 21.2. The minimum atomic E-state index is -3.68. The lowest BCUT2D eigenvalue weighted by molar-refractivity contribution is -0.118. The Morgan fingerprint density at radius 2 is 1.77 bits per heavy atom. The summed E-state index contributed by atoms with van der Waals surface area (Å²) >= 11 is 0. The summed E-state index contributed by atoms with van der Waals surface area (Å²) in [5.74, 6) is 1.60. The van der Waals surface area contributed by atoms with Gasteiger partial charge in [0.05, 0.1) is 11.0 Å². The molecule has 1 N–H and O–H groups in total. The van der Waals surface area contributed by atoms with Crippen LogP contribution in [0.1, 0.15) is 70.6 Å².